The van der Waals surface area contributed by atoms with Crippen molar-refractivity contribution in [1.29, 1.82) is 0 Å². The fourth-order valence-electron chi connectivity index (χ4n) is 4.00. The van der Waals surface area contributed by atoms with E-state index >= 15 is 0 Å². The Morgan fingerprint density at radius 1 is 0.944 bits per heavy atom. The van der Waals surface area contributed by atoms with Gasteiger partial charge in [0, 0.05) is 19.1 Å². The topological polar surface area (TPSA) is 55.8 Å². The van der Waals surface area contributed by atoms with Crippen molar-refractivity contribution < 1.29 is 23.8 Å². The standard InChI is InChI=1S/C28H31FO4.C3H6/c1-28(2,3)27(32-4)24-17-20(12-14-22(24)23-10-5-6-11-25(23)29)18-33-21-9-7-8-19(16-21)13-15-26(30)31;1-2-3-1/h5-12,14,16-17,27H,13,15,18H2,1-4H3,(H,30,31);1-3H2. The molecule has 0 heterocycles. The van der Waals surface area contributed by atoms with Crippen LogP contribution in [0, 0.1) is 11.2 Å². The summed E-state index contributed by atoms with van der Waals surface area (Å²) in [5, 5.41) is 8.90. The molecule has 0 spiro atoms. The number of rotatable bonds is 9. The van der Waals surface area contributed by atoms with Gasteiger partial charge in [0.2, 0.25) is 0 Å². The van der Waals surface area contributed by atoms with E-state index in [1.807, 2.05) is 48.5 Å². The van der Waals surface area contributed by atoms with Crippen molar-refractivity contribution in [3.8, 4) is 16.9 Å². The average Bonchev–Trinajstić information content (AvgIpc) is 3.72. The first-order chi connectivity index (χ1) is 17.2. The maximum atomic E-state index is 14.6. The number of aryl methyl sites for hydroxylation is 1. The molecular formula is C31H37FO4. The summed E-state index contributed by atoms with van der Waals surface area (Å²) in [4.78, 5) is 10.8. The monoisotopic (exact) mass is 492 g/mol. The van der Waals surface area contributed by atoms with Gasteiger partial charge in [-0.25, -0.2) is 4.39 Å². The van der Waals surface area contributed by atoms with Crippen LogP contribution < -0.4 is 4.74 Å². The Bertz CT molecular complexity index is 1140. The van der Waals surface area contributed by atoms with Gasteiger partial charge in [-0.1, -0.05) is 82.5 Å². The number of carboxylic acids is 1. The summed E-state index contributed by atoms with van der Waals surface area (Å²) >= 11 is 0. The van der Waals surface area contributed by atoms with Crippen LogP contribution in [0.1, 0.15) is 69.2 Å². The molecule has 36 heavy (non-hydrogen) atoms. The highest BCUT2D eigenvalue weighted by Crippen LogP contribution is 2.41. The van der Waals surface area contributed by atoms with E-state index in [9.17, 15) is 9.18 Å². The summed E-state index contributed by atoms with van der Waals surface area (Å²) in [6, 6.07) is 20.1. The van der Waals surface area contributed by atoms with Crippen molar-refractivity contribution in [2.75, 3.05) is 7.11 Å². The summed E-state index contributed by atoms with van der Waals surface area (Å²) in [5.41, 5.74) is 3.90. The maximum absolute atomic E-state index is 14.6. The minimum absolute atomic E-state index is 0.0789. The van der Waals surface area contributed by atoms with E-state index in [0.29, 0.717) is 24.3 Å². The third kappa shape index (κ3) is 8.20. The number of hydrogen-bond donors (Lipinski definition) is 1. The molecule has 4 nitrogen and oxygen atoms in total. The van der Waals surface area contributed by atoms with Crippen LogP contribution >= 0.6 is 0 Å². The molecule has 0 aliphatic heterocycles. The number of benzene rings is 3. The third-order valence-corrected chi connectivity index (χ3v) is 5.87. The summed E-state index contributed by atoms with van der Waals surface area (Å²) in [5.74, 6) is -0.420. The van der Waals surface area contributed by atoms with Crippen molar-refractivity contribution in [2.45, 2.75) is 65.6 Å². The zero-order valence-corrected chi connectivity index (χ0v) is 21.7. The predicted molar refractivity (Wildman–Crippen MR) is 142 cm³/mol. The van der Waals surface area contributed by atoms with Crippen LogP contribution in [0.25, 0.3) is 11.1 Å². The lowest BCUT2D eigenvalue weighted by atomic mass is 9.81. The molecule has 3 aromatic rings. The fourth-order valence-corrected chi connectivity index (χ4v) is 4.00. The van der Waals surface area contributed by atoms with Crippen LogP contribution in [0.5, 0.6) is 5.75 Å². The van der Waals surface area contributed by atoms with Gasteiger partial charge in [0.15, 0.2) is 0 Å². The molecule has 0 aromatic heterocycles. The van der Waals surface area contributed by atoms with E-state index in [1.165, 1.54) is 25.3 Å². The van der Waals surface area contributed by atoms with Crippen LogP contribution in [-0.2, 0) is 22.6 Å². The zero-order chi connectivity index (χ0) is 26.1. The summed E-state index contributed by atoms with van der Waals surface area (Å²) < 4.78 is 26.5. The van der Waals surface area contributed by atoms with Gasteiger partial charge in [-0.05, 0) is 58.4 Å². The molecule has 3 aromatic carbocycles. The minimum Gasteiger partial charge on any atom is -0.489 e. The van der Waals surface area contributed by atoms with Crippen molar-refractivity contribution in [2.24, 2.45) is 5.41 Å². The molecule has 192 valence electrons. The number of halogens is 1. The highest BCUT2D eigenvalue weighted by atomic mass is 19.1. The third-order valence-electron chi connectivity index (χ3n) is 5.87. The normalized spacial score (nSPS) is 13.4. The molecule has 1 aliphatic rings. The second-order valence-corrected chi connectivity index (χ2v) is 10.3. The number of carbonyl (C=O) groups is 1. The highest BCUT2D eigenvalue weighted by molar-refractivity contribution is 5.69. The molecule has 1 saturated carbocycles. The fraction of sp³-hybridized carbons (Fsp3) is 0.387. The number of hydrogen-bond acceptors (Lipinski definition) is 3. The maximum Gasteiger partial charge on any atom is 0.303 e. The molecule has 0 radical (unpaired) electrons. The lowest BCUT2D eigenvalue weighted by molar-refractivity contribution is -0.136. The Kier molecular flexibility index (Phi) is 9.65. The Labute approximate surface area is 214 Å². The summed E-state index contributed by atoms with van der Waals surface area (Å²) in [6.07, 6.45) is 4.79. The lowest BCUT2D eigenvalue weighted by Gasteiger charge is -2.32. The average molecular weight is 493 g/mol. The second-order valence-electron chi connectivity index (χ2n) is 10.3. The van der Waals surface area contributed by atoms with Crippen molar-refractivity contribution in [1.82, 2.24) is 0 Å². The molecule has 1 unspecified atom stereocenters. The molecular weight excluding hydrogens is 455 g/mol. The Hall–Kier alpha value is -3.18. The van der Waals surface area contributed by atoms with Gasteiger partial charge in [-0.3, -0.25) is 4.79 Å². The quantitative estimate of drug-likeness (QED) is 0.329. The van der Waals surface area contributed by atoms with Gasteiger partial charge in [0.25, 0.3) is 0 Å². The Balaban J connectivity index is 0.00000112. The van der Waals surface area contributed by atoms with Gasteiger partial charge < -0.3 is 14.6 Å². The predicted octanol–water partition coefficient (Wildman–Crippen LogP) is 7.99. The Morgan fingerprint density at radius 3 is 2.28 bits per heavy atom. The summed E-state index contributed by atoms with van der Waals surface area (Å²) in [6.45, 7) is 6.61. The van der Waals surface area contributed by atoms with Gasteiger partial charge in [0.05, 0.1) is 6.10 Å². The SMILES string of the molecule is C1CC1.COC(c1cc(COc2cccc(CCC(=O)O)c2)ccc1-c1ccccc1F)C(C)(C)C. The van der Waals surface area contributed by atoms with Crippen LogP contribution in [-0.4, -0.2) is 18.2 Å². The van der Waals surface area contributed by atoms with E-state index in [2.05, 4.69) is 20.8 Å². The van der Waals surface area contributed by atoms with Crippen molar-refractivity contribution >= 4 is 5.97 Å². The second kappa shape index (κ2) is 12.7. The smallest absolute Gasteiger partial charge is 0.303 e. The highest BCUT2D eigenvalue weighted by Gasteiger charge is 2.29. The molecule has 0 amide bonds. The molecule has 0 saturated heterocycles. The molecule has 4 rings (SSSR count). The van der Waals surface area contributed by atoms with E-state index in [4.69, 9.17) is 14.6 Å². The van der Waals surface area contributed by atoms with E-state index in [-0.39, 0.29) is 23.8 Å². The molecule has 5 heteroatoms. The largest absolute Gasteiger partial charge is 0.489 e. The van der Waals surface area contributed by atoms with Crippen LogP contribution in [0.3, 0.4) is 0 Å². The van der Waals surface area contributed by atoms with E-state index < -0.39 is 5.97 Å². The molecule has 1 fully saturated rings. The molecule has 1 aliphatic carbocycles. The van der Waals surface area contributed by atoms with Crippen LogP contribution in [0.4, 0.5) is 4.39 Å². The van der Waals surface area contributed by atoms with Gasteiger partial charge in [-0.2, -0.15) is 0 Å². The molecule has 0 bridgehead atoms. The first kappa shape index (κ1) is 27.4. The van der Waals surface area contributed by atoms with E-state index in [0.717, 1.165) is 22.3 Å². The minimum atomic E-state index is -0.824. The first-order valence-electron chi connectivity index (χ1n) is 12.5. The van der Waals surface area contributed by atoms with Crippen LogP contribution in [0.15, 0.2) is 66.7 Å². The zero-order valence-electron chi connectivity index (χ0n) is 21.7. The number of aliphatic carboxylic acids is 1. The number of ether oxygens (including phenoxy) is 2. The summed E-state index contributed by atoms with van der Waals surface area (Å²) in [7, 11) is 1.67. The lowest BCUT2D eigenvalue weighted by Crippen LogP contribution is -2.21. The van der Waals surface area contributed by atoms with Crippen molar-refractivity contribution in [3.63, 3.8) is 0 Å². The Morgan fingerprint density at radius 2 is 1.67 bits per heavy atom. The van der Waals surface area contributed by atoms with Crippen LogP contribution in [0.2, 0.25) is 0 Å². The van der Waals surface area contributed by atoms with Crippen molar-refractivity contribution in [3.05, 3.63) is 89.2 Å². The number of carboxylic acid groups (broad SMARTS) is 1. The number of methoxy groups -OCH3 is 1. The molecule has 1 atom stereocenters. The van der Waals surface area contributed by atoms with Gasteiger partial charge in [0.1, 0.15) is 18.2 Å². The molecule has 1 N–H and O–H groups in total. The van der Waals surface area contributed by atoms with Gasteiger partial charge >= 0.3 is 5.97 Å². The first-order valence-corrected chi connectivity index (χ1v) is 12.5. The van der Waals surface area contributed by atoms with Gasteiger partial charge in [-0.15, -0.1) is 0 Å². The van der Waals surface area contributed by atoms with E-state index in [1.54, 1.807) is 19.2 Å².